The monoisotopic (exact) mass is 403 g/mol. The first kappa shape index (κ1) is 15.3. The van der Waals surface area contributed by atoms with E-state index in [1.54, 1.807) is 0 Å². The van der Waals surface area contributed by atoms with Crippen molar-refractivity contribution in [3.05, 3.63) is 38.7 Å². The Bertz CT molecular complexity index is 605. The lowest BCUT2D eigenvalue weighted by molar-refractivity contribution is 0.903. The molecule has 7 heteroatoms. The van der Waals surface area contributed by atoms with E-state index in [2.05, 4.69) is 50.2 Å². The van der Waals surface area contributed by atoms with E-state index in [9.17, 15) is 0 Å². The first-order valence-electron chi connectivity index (χ1n) is 6.18. The summed E-state index contributed by atoms with van der Waals surface area (Å²) in [6.45, 7) is 2.10. The standard InChI is InChI=1S/C13H15ClIN5/c1-2-3-9-12(17-7-18-13(9)20-16)19-11-5-4-8(14)6-10(11)15/h4-7H,2-3,16H2,1H3,(H2,17,18,19,20). The van der Waals surface area contributed by atoms with Gasteiger partial charge in [-0.1, -0.05) is 24.9 Å². The number of nitrogen functional groups attached to an aromatic ring is 1. The predicted octanol–water partition coefficient (Wildman–Crippen LogP) is 3.72. The summed E-state index contributed by atoms with van der Waals surface area (Å²) in [5.74, 6) is 6.91. The molecular weight excluding hydrogens is 389 g/mol. The van der Waals surface area contributed by atoms with Crippen molar-refractivity contribution >= 4 is 51.5 Å². The summed E-state index contributed by atoms with van der Waals surface area (Å²) in [4.78, 5) is 8.46. The second-order valence-electron chi connectivity index (χ2n) is 4.19. The van der Waals surface area contributed by atoms with E-state index in [1.165, 1.54) is 6.33 Å². The van der Waals surface area contributed by atoms with E-state index < -0.39 is 0 Å². The largest absolute Gasteiger partial charge is 0.339 e. The second-order valence-corrected chi connectivity index (χ2v) is 5.79. The second kappa shape index (κ2) is 7.05. The van der Waals surface area contributed by atoms with Gasteiger partial charge < -0.3 is 10.7 Å². The number of rotatable bonds is 5. The van der Waals surface area contributed by atoms with Crippen LogP contribution < -0.4 is 16.6 Å². The average Bonchev–Trinajstić information content (AvgIpc) is 2.43. The summed E-state index contributed by atoms with van der Waals surface area (Å²) in [5, 5.41) is 4.02. The van der Waals surface area contributed by atoms with Crippen LogP contribution in [0.5, 0.6) is 0 Å². The highest BCUT2D eigenvalue weighted by atomic mass is 127. The fourth-order valence-electron chi connectivity index (χ4n) is 1.85. The van der Waals surface area contributed by atoms with Crippen LogP contribution in [0.25, 0.3) is 0 Å². The number of halogens is 2. The predicted molar refractivity (Wildman–Crippen MR) is 91.3 cm³/mol. The van der Waals surface area contributed by atoms with E-state index in [0.717, 1.165) is 33.5 Å². The molecule has 0 radical (unpaired) electrons. The Labute approximate surface area is 136 Å². The third kappa shape index (κ3) is 3.50. The zero-order valence-corrected chi connectivity index (χ0v) is 13.9. The summed E-state index contributed by atoms with van der Waals surface area (Å²) in [5.41, 5.74) is 4.54. The number of anilines is 3. The van der Waals surface area contributed by atoms with Crippen molar-refractivity contribution in [3.63, 3.8) is 0 Å². The number of nitrogens with two attached hydrogens (primary N) is 1. The van der Waals surface area contributed by atoms with E-state index in [-0.39, 0.29) is 0 Å². The Kier molecular flexibility index (Phi) is 5.38. The van der Waals surface area contributed by atoms with Gasteiger partial charge in [0.2, 0.25) is 0 Å². The summed E-state index contributed by atoms with van der Waals surface area (Å²) in [6, 6.07) is 5.67. The molecule has 0 unspecified atom stereocenters. The van der Waals surface area contributed by atoms with Gasteiger partial charge in [0.1, 0.15) is 18.0 Å². The van der Waals surface area contributed by atoms with E-state index in [1.807, 2.05) is 18.2 Å². The van der Waals surface area contributed by atoms with Crippen molar-refractivity contribution in [1.82, 2.24) is 9.97 Å². The minimum absolute atomic E-state index is 0.647. The molecule has 1 aromatic heterocycles. The summed E-state index contributed by atoms with van der Waals surface area (Å²) < 4.78 is 1.03. The van der Waals surface area contributed by atoms with Crippen LogP contribution in [-0.4, -0.2) is 9.97 Å². The average molecular weight is 404 g/mol. The van der Waals surface area contributed by atoms with Crippen molar-refractivity contribution in [2.75, 3.05) is 10.7 Å². The van der Waals surface area contributed by atoms with Crippen molar-refractivity contribution in [2.45, 2.75) is 19.8 Å². The molecule has 0 atom stereocenters. The Balaban J connectivity index is 2.37. The minimum Gasteiger partial charge on any atom is -0.339 e. The summed E-state index contributed by atoms with van der Waals surface area (Å²) >= 11 is 8.20. The van der Waals surface area contributed by atoms with Crippen molar-refractivity contribution in [3.8, 4) is 0 Å². The summed E-state index contributed by atoms with van der Waals surface area (Å²) in [6.07, 6.45) is 3.31. The molecule has 1 heterocycles. The van der Waals surface area contributed by atoms with Crippen molar-refractivity contribution in [2.24, 2.45) is 5.84 Å². The Morgan fingerprint density at radius 1 is 1.30 bits per heavy atom. The molecule has 2 aromatic rings. The fourth-order valence-corrected chi connectivity index (χ4v) is 2.86. The molecule has 0 aliphatic carbocycles. The number of benzene rings is 1. The Morgan fingerprint density at radius 2 is 2.05 bits per heavy atom. The fraction of sp³-hybridized carbons (Fsp3) is 0.231. The zero-order chi connectivity index (χ0) is 14.5. The van der Waals surface area contributed by atoms with Gasteiger partial charge in [-0.15, -0.1) is 0 Å². The molecule has 0 amide bonds. The molecule has 2 rings (SSSR count). The highest BCUT2D eigenvalue weighted by molar-refractivity contribution is 14.1. The molecule has 20 heavy (non-hydrogen) atoms. The van der Waals surface area contributed by atoms with Gasteiger partial charge in [0, 0.05) is 14.2 Å². The van der Waals surface area contributed by atoms with Gasteiger partial charge in [-0.05, 0) is 47.2 Å². The molecule has 4 N–H and O–H groups in total. The molecule has 106 valence electrons. The first-order chi connectivity index (χ1) is 9.65. The maximum absolute atomic E-state index is 5.96. The van der Waals surface area contributed by atoms with Crippen LogP contribution in [0, 0.1) is 3.57 Å². The van der Waals surface area contributed by atoms with E-state index in [0.29, 0.717) is 10.8 Å². The molecule has 0 fully saturated rings. The molecule has 0 aliphatic heterocycles. The third-order valence-electron chi connectivity index (χ3n) is 2.77. The summed E-state index contributed by atoms with van der Waals surface area (Å²) in [7, 11) is 0. The van der Waals surface area contributed by atoms with Gasteiger partial charge in [0.15, 0.2) is 0 Å². The van der Waals surface area contributed by atoms with Gasteiger partial charge in [0.05, 0.1) is 5.69 Å². The smallest absolute Gasteiger partial charge is 0.148 e. The van der Waals surface area contributed by atoms with Crippen LogP contribution in [0.15, 0.2) is 24.5 Å². The third-order valence-corrected chi connectivity index (χ3v) is 3.89. The topological polar surface area (TPSA) is 75.9 Å². The molecular formula is C13H15ClIN5. The lowest BCUT2D eigenvalue weighted by atomic mass is 10.1. The highest BCUT2D eigenvalue weighted by Gasteiger charge is 2.11. The van der Waals surface area contributed by atoms with Crippen LogP contribution in [0.1, 0.15) is 18.9 Å². The van der Waals surface area contributed by atoms with Crippen LogP contribution in [0.3, 0.4) is 0 Å². The number of hydrogen-bond donors (Lipinski definition) is 3. The molecule has 0 aliphatic rings. The van der Waals surface area contributed by atoms with Gasteiger partial charge in [-0.3, -0.25) is 0 Å². The SMILES string of the molecule is CCCc1c(NN)ncnc1Nc1ccc(Cl)cc1I. The van der Waals surface area contributed by atoms with Gasteiger partial charge >= 0.3 is 0 Å². The minimum atomic E-state index is 0.647. The first-order valence-corrected chi connectivity index (χ1v) is 7.64. The van der Waals surface area contributed by atoms with Crippen molar-refractivity contribution < 1.29 is 0 Å². The van der Waals surface area contributed by atoms with E-state index in [4.69, 9.17) is 17.4 Å². The molecule has 0 spiro atoms. The Hall–Kier alpha value is -1.12. The highest BCUT2D eigenvalue weighted by Crippen LogP contribution is 2.28. The quantitative estimate of drug-likeness (QED) is 0.403. The van der Waals surface area contributed by atoms with Crippen molar-refractivity contribution in [1.29, 1.82) is 0 Å². The maximum atomic E-state index is 5.96. The van der Waals surface area contributed by atoms with Crippen LogP contribution in [-0.2, 0) is 6.42 Å². The van der Waals surface area contributed by atoms with Gasteiger partial charge in [-0.2, -0.15) is 0 Å². The van der Waals surface area contributed by atoms with Crippen LogP contribution in [0.2, 0.25) is 5.02 Å². The van der Waals surface area contributed by atoms with Crippen LogP contribution in [0.4, 0.5) is 17.3 Å². The zero-order valence-electron chi connectivity index (χ0n) is 11.0. The van der Waals surface area contributed by atoms with Crippen LogP contribution >= 0.6 is 34.2 Å². The number of hydrogen-bond acceptors (Lipinski definition) is 5. The molecule has 0 bridgehead atoms. The number of nitrogens with zero attached hydrogens (tertiary/aromatic N) is 2. The maximum Gasteiger partial charge on any atom is 0.148 e. The number of aromatic nitrogens is 2. The van der Waals surface area contributed by atoms with Gasteiger partial charge in [-0.25, -0.2) is 15.8 Å². The Morgan fingerprint density at radius 3 is 2.70 bits per heavy atom. The number of hydrazine groups is 1. The molecule has 0 saturated heterocycles. The molecule has 5 nitrogen and oxygen atoms in total. The van der Waals surface area contributed by atoms with E-state index >= 15 is 0 Å². The lowest BCUT2D eigenvalue weighted by Crippen LogP contribution is -2.13. The lowest BCUT2D eigenvalue weighted by Gasteiger charge is -2.14. The normalized spacial score (nSPS) is 10.4. The molecule has 1 aromatic carbocycles. The van der Waals surface area contributed by atoms with Gasteiger partial charge in [0.25, 0.3) is 0 Å². The molecule has 0 saturated carbocycles. The number of nitrogens with one attached hydrogen (secondary N) is 2.